The molecule has 1 saturated heterocycles. The number of aromatic nitrogens is 5. The number of hydrogen-bond donors (Lipinski definition) is 1. The second-order valence-electron chi connectivity index (χ2n) is 6.27. The Bertz CT molecular complexity index is 822. The number of fused-ring (bicyclic) bond motifs is 1. The number of thiazole rings is 1. The molecule has 10 nitrogen and oxygen atoms in total. The molecular formula is C14H18N8O2S. The average Bonchev–Trinajstić information content (AvgIpc) is 3.22. The van der Waals surface area contributed by atoms with Crippen LogP contribution in [-0.2, 0) is 4.79 Å². The third-order valence-electron chi connectivity index (χ3n) is 4.62. The van der Waals surface area contributed by atoms with Crippen LogP contribution in [0.2, 0.25) is 0 Å². The maximum absolute atomic E-state index is 11.8. The Labute approximate surface area is 147 Å². The van der Waals surface area contributed by atoms with Gasteiger partial charge in [-0.1, -0.05) is 16.4 Å². The number of aliphatic carboxylic acids is 1. The number of carboxylic acids is 1. The Balaban J connectivity index is 1.68. The first-order chi connectivity index (χ1) is 12.0. The molecule has 2 aromatic rings. The fourth-order valence-electron chi connectivity index (χ4n) is 3.20. The zero-order valence-corrected chi connectivity index (χ0v) is 14.7. The number of carboxylic acid groups (broad SMARTS) is 1. The van der Waals surface area contributed by atoms with Gasteiger partial charge >= 0.3 is 5.97 Å². The van der Waals surface area contributed by atoms with E-state index in [1.54, 1.807) is 13.1 Å². The van der Waals surface area contributed by atoms with Crippen LogP contribution in [0, 0.1) is 5.92 Å². The number of carbonyl (C=O) groups is 1. The van der Waals surface area contributed by atoms with Gasteiger partial charge in [0.05, 0.1) is 4.88 Å². The summed E-state index contributed by atoms with van der Waals surface area (Å²) in [6.07, 6.45) is 1.74. The third-order valence-corrected chi connectivity index (χ3v) is 5.75. The smallest absolute Gasteiger partial charge is 0.314 e. The predicted octanol–water partition coefficient (Wildman–Crippen LogP) is 0.278. The molecule has 0 radical (unpaired) electrons. The average molecular weight is 362 g/mol. The molecule has 2 aliphatic heterocycles. The van der Waals surface area contributed by atoms with Crippen molar-refractivity contribution in [1.82, 2.24) is 30.1 Å². The molecule has 2 aliphatic rings. The largest absolute Gasteiger partial charge is 0.481 e. The SMILES string of the molecule is CC1=Nc2nnnn2C(c2cnc(N3CCN(C)CC3)s2)C1C(=O)O. The van der Waals surface area contributed by atoms with Gasteiger partial charge in [0.2, 0.25) is 0 Å². The topological polar surface area (TPSA) is 113 Å². The van der Waals surface area contributed by atoms with Crippen LogP contribution in [0.5, 0.6) is 0 Å². The molecule has 2 unspecified atom stereocenters. The van der Waals surface area contributed by atoms with Crippen molar-refractivity contribution in [3.05, 3.63) is 11.1 Å². The lowest BCUT2D eigenvalue weighted by Gasteiger charge is -2.32. The van der Waals surface area contributed by atoms with E-state index in [0.717, 1.165) is 36.2 Å². The van der Waals surface area contributed by atoms with Crippen LogP contribution in [0.15, 0.2) is 11.2 Å². The van der Waals surface area contributed by atoms with Crippen molar-refractivity contribution in [2.75, 3.05) is 38.1 Å². The van der Waals surface area contributed by atoms with Crippen molar-refractivity contribution in [1.29, 1.82) is 0 Å². The maximum Gasteiger partial charge on any atom is 0.314 e. The highest BCUT2D eigenvalue weighted by molar-refractivity contribution is 7.15. The zero-order valence-electron chi connectivity index (χ0n) is 13.9. The van der Waals surface area contributed by atoms with Crippen molar-refractivity contribution >= 4 is 34.1 Å². The van der Waals surface area contributed by atoms with Crippen molar-refractivity contribution in [2.24, 2.45) is 10.9 Å². The van der Waals surface area contributed by atoms with Crippen LogP contribution in [0.4, 0.5) is 11.1 Å². The first-order valence-corrected chi connectivity index (χ1v) is 8.81. The number of nitrogens with zero attached hydrogens (tertiary/aromatic N) is 8. The number of likely N-dealkylation sites (N-methyl/N-ethyl adjacent to an activating group) is 1. The molecular weight excluding hydrogens is 344 g/mol. The molecule has 0 amide bonds. The summed E-state index contributed by atoms with van der Waals surface area (Å²) >= 11 is 1.50. The normalized spacial score (nSPS) is 24.1. The van der Waals surface area contributed by atoms with Crippen molar-refractivity contribution in [2.45, 2.75) is 13.0 Å². The van der Waals surface area contributed by atoms with E-state index in [4.69, 9.17) is 0 Å². The molecule has 132 valence electrons. The first-order valence-electron chi connectivity index (χ1n) is 7.99. The molecule has 4 rings (SSSR count). The number of piperazine rings is 1. The summed E-state index contributed by atoms with van der Waals surface area (Å²) in [5, 5.41) is 22.1. The monoisotopic (exact) mass is 362 g/mol. The lowest BCUT2D eigenvalue weighted by Crippen LogP contribution is -2.44. The second kappa shape index (κ2) is 6.15. The molecule has 11 heteroatoms. The fourth-order valence-corrected chi connectivity index (χ4v) is 4.29. The molecule has 0 spiro atoms. The van der Waals surface area contributed by atoms with E-state index in [1.807, 2.05) is 0 Å². The summed E-state index contributed by atoms with van der Waals surface area (Å²) in [6, 6.07) is -0.529. The van der Waals surface area contributed by atoms with E-state index >= 15 is 0 Å². The van der Waals surface area contributed by atoms with Gasteiger partial charge in [0.1, 0.15) is 12.0 Å². The van der Waals surface area contributed by atoms with E-state index in [9.17, 15) is 9.90 Å². The molecule has 2 atom stereocenters. The molecule has 1 fully saturated rings. The second-order valence-corrected chi connectivity index (χ2v) is 7.31. The van der Waals surface area contributed by atoms with Crippen LogP contribution < -0.4 is 4.90 Å². The van der Waals surface area contributed by atoms with Crippen LogP contribution in [0.3, 0.4) is 0 Å². The quantitative estimate of drug-likeness (QED) is 0.828. The molecule has 1 N–H and O–H groups in total. The van der Waals surface area contributed by atoms with Gasteiger partial charge in [0.25, 0.3) is 5.95 Å². The fraction of sp³-hybridized carbons (Fsp3) is 0.571. The Morgan fingerprint density at radius 2 is 2.08 bits per heavy atom. The summed E-state index contributed by atoms with van der Waals surface area (Å²) in [7, 11) is 2.10. The molecule has 4 heterocycles. The predicted molar refractivity (Wildman–Crippen MR) is 91.7 cm³/mol. The lowest BCUT2D eigenvalue weighted by atomic mass is 9.93. The molecule has 0 aromatic carbocycles. The Kier molecular flexibility index (Phi) is 3.96. The molecule has 0 aliphatic carbocycles. The number of hydrogen-bond acceptors (Lipinski definition) is 9. The van der Waals surface area contributed by atoms with Crippen LogP contribution in [0.25, 0.3) is 0 Å². The lowest BCUT2D eigenvalue weighted by molar-refractivity contribution is -0.140. The number of rotatable bonds is 3. The van der Waals surface area contributed by atoms with Gasteiger partial charge in [0, 0.05) is 38.1 Å². The van der Waals surface area contributed by atoms with Gasteiger partial charge in [-0.05, 0) is 24.4 Å². The van der Waals surface area contributed by atoms with Crippen LogP contribution >= 0.6 is 11.3 Å². The highest BCUT2D eigenvalue weighted by atomic mass is 32.1. The maximum atomic E-state index is 11.8. The summed E-state index contributed by atoms with van der Waals surface area (Å²) in [6.45, 7) is 5.49. The van der Waals surface area contributed by atoms with E-state index in [0.29, 0.717) is 11.7 Å². The van der Waals surface area contributed by atoms with Crippen LogP contribution in [-0.4, -0.2) is 80.1 Å². The van der Waals surface area contributed by atoms with Gasteiger partial charge < -0.3 is 14.9 Å². The van der Waals surface area contributed by atoms with E-state index < -0.39 is 17.9 Å². The minimum absolute atomic E-state index is 0.328. The van der Waals surface area contributed by atoms with Gasteiger partial charge in [-0.25, -0.2) is 14.7 Å². The Morgan fingerprint density at radius 3 is 2.80 bits per heavy atom. The van der Waals surface area contributed by atoms with Gasteiger partial charge in [0.15, 0.2) is 5.13 Å². The number of tetrazole rings is 1. The third kappa shape index (κ3) is 2.78. The summed E-state index contributed by atoms with van der Waals surface area (Å²) in [4.78, 5) is 25.9. The highest BCUT2D eigenvalue weighted by Crippen LogP contribution is 2.38. The standard InChI is InChI=1S/C14H18N8O2S/c1-8-10(12(23)24)11(22-13(16-8)17-18-19-22)9-7-15-14(25-9)21-5-3-20(2)4-6-21/h7,10-11H,3-6H2,1-2H3,(H,23,24). The summed E-state index contributed by atoms with van der Waals surface area (Å²) in [5.41, 5.74) is 0.495. The van der Waals surface area contributed by atoms with Crippen molar-refractivity contribution in [3.63, 3.8) is 0 Å². The van der Waals surface area contributed by atoms with Gasteiger partial charge in [-0.15, -0.1) is 0 Å². The molecule has 25 heavy (non-hydrogen) atoms. The molecule has 2 aromatic heterocycles. The van der Waals surface area contributed by atoms with Crippen molar-refractivity contribution < 1.29 is 9.90 Å². The number of aliphatic imine (C=N–C) groups is 1. The first kappa shape index (κ1) is 16.1. The zero-order chi connectivity index (χ0) is 17.6. The van der Waals surface area contributed by atoms with Crippen molar-refractivity contribution in [3.8, 4) is 0 Å². The summed E-state index contributed by atoms with van der Waals surface area (Å²) < 4.78 is 1.48. The molecule has 0 saturated carbocycles. The summed E-state index contributed by atoms with van der Waals surface area (Å²) in [5.74, 6) is -1.42. The van der Waals surface area contributed by atoms with E-state index in [1.165, 1.54) is 16.0 Å². The highest BCUT2D eigenvalue weighted by Gasteiger charge is 2.40. The number of anilines is 1. The minimum Gasteiger partial charge on any atom is -0.481 e. The minimum atomic E-state index is -0.943. The van der Waals surface area contributed by atoms with Gasteiger partial charge in [-0.3, -0.25) is 4.79 Å². The Hall–Kier alpha value is -2.40. The van der Waals surface area contributed by atoms with Gasteiger partial charge in [-0.2, -0.15) is 0 Å². The molecule has 0 bridgehead atoms. The van der Waals surface area contributed by atoms with E-state index in [-0.39, 0.29) is 0 Å². The van der Waals surface area contributed by atoms with E-state index in [2.05, 4.69) is 42.3 Å². The Morgan fingerprint density at radius 1 is 1.32 bits per heavy atom. The van der Waals surface area contributed by atoms with Crippen LogP contribution in [0.1, 0.15) is 17.8 Å².